The van der Waals surface area contributed by atoms with Crippen molar-refractivity contribution < 1.29 is 8.83 Å². The van der Waals surface area contributed by atoms with Gasteiger partial charge >= 0.3 is 0 Å². The highest BCUT2D eigenvalue weighted by Gasteiger charge is 2.26. The Bertz CT molecular complexity index is 4460. The predicted octanol–water partition coefficient (Wildman–Crippen LogP) is 20.2. The van der Waals surface area contributed by atoms with E-state index in [0.29, 0.717) is 0 Å². The minimum atomic E-state index is 0.903. The number of rotatable bonds is 8. The molecule has 2 aromatic heterocycles. The zero-order chi connectivity index (χ0) is 49.1. The Morgan fingerprint density at radius 3 is 1.26 bits per heavy atom. The first-order valence-corrected chi connectivity index (χ1v) is 25.2. The number of benzene rings is 12. The van der Waals surface area contributed by atoms with Crippen LogP contribution in [0.3, 0.4) is 0 Å². The summed E-state index contributed by atoms with van der Waals surface area (Å²) in [5, 5.41) is 11.9. The number of anilines is 6. The van der Waals surface area contributed by atoms with Gasteiger partial charge in [0, 0.05) is 54.8 Å². The Hall–Kier alpha value is -9.12. The van der Waals surface area contributed by atoms with Crippen LogP contribution in [-0.4, -0.2) is 0 Å². The van der Waals surface area contributed by atoms with Crippen LogP contribution in [0.25, 0.3) is 98.4 Å². The van der Waals surface area contributed by atoms with E-state index in [2.05, 4.69) is 245 Å². The van der Waals surface area contributed by atoms with E-state index < -0.39 is 0 Å². The Balaban J connectivity index is 0.946. The quantitative estimate of drug-likeness (QED) is 0.142. The summed E-state index contributed by atoms with van der Waals surface area (Å²) in [7, 11) is 0. The van der Waals surface area contributed by atoms with E-state index in [1.165, 1.54) is 71.5 Å². The zero-order valence-electron chi connectivity index (χ0n) is 41.4. The van der Waals surface area contributed by atoms with Crippen molar-refractivity contribution in [1.29, 1.82) is 0 Å². The average Bonchev–Trinajstić information content (AvgIpc) is 4.00. The van der Waals surface area contributed by atoms with Crippen LogP contribution in [-0.2, 0) is 0 Å². The maximum absolute atomic E-state index is 6.51. The third-order valence-corrected chi connectivity index (χ3v) is 15.4. The molecule has 348 valence electrons. The molecule has 0 radical (unpaired) electrons. The van der Waals surface area contributed by atoms with Crippen LogP contribution in [0, 0.1) is 34.6 Å². The molecule has 0 fully saturated rings. The van der Waals surface area contributed by atoms with Gasteiger partial charge in [-0.3, -0.25) is 0 Å². The van der Waals surface area contributed by atoms with Gasteiger partial charge in [-0.25, -0.2) is 0 Å². The van der Waals surface area contributed by atoms with E-state index in [1.807, 2.05) is 12.1 Å². The molecule has 0 amide bonds. The molecule has 0 aliphatic rings. The van der Waals surface area contributed by atoms with E-state index in [9.17, 15) is 0 Å². The lowest BCUT2D eigenvalue weighted by molar-refractivity contribution is 0.669. The van der Waals surface area contributed by atoms with Crippen molar-refractivity contribution in [3.8, 4) is 22.3 Å². The summed E-state index contributed by atoms with van der Waals surface area (Å²) in [5.41, 5.74) is 20.9. The molecule has 0 N–H and O–H groups in total. The van der Waals surface area contributed by atoms with Crippen molar-refractivity contribution in [2.75, 3.05) is 9.80 Å². The number of furan rings is 2. The van der Waals surface area contributed by atoms with Gasteiger partial charge in [0.25, 0.3) is 0 Å². The standard InChI is InChI=1S/C69H50N2O2/c1-41-14-10-15-42(2)66(41)70(49-32-26-46(27-33-49)52-20-12-22-56-54-18-6-8-24-62(54)72-68(52)56)60-39-31-48-30-36-59-61(40-45(5)51-37-38-58(60)64(48)65(51)59)71(67-43(3)16-11-17-44(67)4)50-34-28-47(29-35-50)53-21-13-23-57-55-19-7-9-25-63(55)73-69(53)57/h6-40H,1-5H3. The molecule has 0 saturated heterocycles. The summed E-state index contributed by atoms with van der Waals surface area (Å²) in [6.07, 6.45) is 0. The van der Waals surface area contributed by atoms with Crippen LogP contribution >= 0.6 is 0 Å². The van der Waals surface area contributed by atoms with Gasteiger partial charge in [0.1, 0.15) is 22.3 Å². The molecule has 0 saturated carbocycles. The third-order valence-electron chi connectivity index (χ3n) is 15.4. The van der Waals surface area contributed by atoms with Crippen molar-refractivity contribution in [2.24, 2.45) is 0 Å². The first-order chi connectivity index (χ1) is 35.8. The Labute approximate surface area is 423 Å². The monoisotopic (exact) mass is 938 g/mol. The Morgan fingerprint density at radius 1 is 0.301 bits per heavy atom. The van der Waals surface area contributed by atoms with Crippen molar-refractivity contribution in [2.45, 2.75) is 34.6 Å². The molecule has 0 atom stereocenters. The van der Waals surface area contributed by atoms with Gasteiger partial charge in [-0.05, 0) is 144 Å². The molecule has 0 bridgehead atoms. The maximum atomic E-state index is 6.51. The molecular weight excluding hydrogens is 889 g/mol. The summed E-state index contributed by atoms with van der Waals surface area (Å²) >= 11 is 0. The van der Waals surface area contributed by atoms with E-state index in [1.54, 1.807) is 0 Å². The highest BCUT2D eigenvalue weighted by atomic mass is 16.3. The summed E-state index contributed by atoms with van der Waals surface area (Å²) in [6, 6.07) is 77.3. The fourth-order valence-electron chi connectivity index (χ4n) is 12.0. The molecule has 0 unspecified atom stereocenters. The molecule has 4 nitrogen and oxygen atoms in total. The van der Waals surface area contributed by atoms with Crippen LogP contribution in [0.15, 0.2) is 221 Å². The topological polar surface area (TPSA) is 32.8 Å². The third kappa shape index (κ3) is 6.60. The minimum Gasteiger partial charge on any atom is -0.455 e. The minimum absolute atomic E-state index is 0.903. The van der Waals surface area contributed by atoms with Crippen LogP contribution in [0.5, 0.6) is 0 Å². The highest BCUT2D eigenvalue weighted by Crippen LogP contribution is 2.51. The lowest BCUT2D eigenvalue weighted by atomic mass is 9.89. The second-order valence-electron chi connectivity index (χ2n) is 19.9. The lowest BCUT2D eigenvalue weighted by Crippen LogP contribution is -2.14. The van der Waals surface area contributed by atoms with Crippen molar-refractivity contribution in [3.63, 3.8) is 0 Å². The second kappa shape index (κ2) is 16.5. The van der Waals surface area contributed by atoms with Gasteiger partial charge in [0.15, 0.2) is 0 Å². The first-order valence-electron chi connectivity index (χ1n) is 25.2. The van der Waals surface area contributed by atoms with Crippen LogP contribution in [0.1, 0.15) is 27.8 Å². The number of hydrogen-bond donors (Lipinski definition) is 0. The predicted molar refractivity (Wildman–Crippen MR) is 309 cm³/mol. The second-order valence-corrected chi connectivity index (χ2v) is 19.9. The summed E-state index contributed by atoms with van der Waals surface area (Å²) in [5.74, 6) is 0. The SMILES string of the molecule is Cc1cccc(C)c1N(c1ccc(-c2cccc3c2oc2ccccc23)cc1)c1ccc2ccc3c(N(c4ccc(-c5cccc6c5oc5ccccc56)cc4)c4c(C)cccc4C)cc(C)c4ccc1c2c43. The van der Waals surface area contributed by atoms with Gasteiger partial charge in [-0.1, -0.05) is 164 Å². The van der Waals surface area contributed by atoms with Gasteiger partial charge in [-0.2, -0.15) is 0 Å². The van der Waals surface area contributed by atoms with Gasteiger partial charge in [0.05, 0.1) is 22.7 Å². The first kappa shape index (κ1) is 42.7. The molecule has 14 rings (SSSR count). The largest absolute Gasteiger partial charge is 0.455 e. The fourth-order valence-corrected chi connectivity index (χ4v) is 12.0. The van der Waals surface area contributed by atoms with Crippen molar-refractivity contribution in [3.05, 3.63) is 240 Å². The number of fused-ring (bicyclic) bond motifs is 6. The fraction of sp³-hybridized carbons (Fsp3) is 0.0725. The van der Waals surface area contributed by atoms with Gasteiger partial charge in [0.2, 0.25) is 0 Å². The van der Waals surface area contributed by atoms with E-state index in [0.717, 1.165) is 88.9 Å². The zero-order valence-corrected chi connectivity index (χ0v) is 41.4. The van der Waals surface area contributed by atoms with Crippen molar-refractivity contribution in [1.82, 2.24) is 0 Å². The number of hydrogen-bond acceptors (Lipinski definition) is 4. The van der Waals surface area contributed by atoms with Gasteiger partial charge in [-0.15, -0.1) is 0 Å². The number of nitrogens with zero attached hydrogens (tertiary/aromatic N) is 2. The van der Waals surface area contributed by atoms with Crippen LogP contribution in [0.2, 0.25) is 0 Å². The van der Waals surface area contributed by atoms with Crippen LogP contribution in [0.4, 0.5) is 34.1 Å². The molecule has 73 heavy (non-hydrogen) atoms. The van der Waals surface area contributed by atoms with E-state index >= 15 is 0 Å². The molecule has 4 heteroatoms. The van der Waals surface area contributed by atoms with E-state index in [4.69, 9.17) is 8.83 Å². The summed E-state index contributed by atoms with van der Waals surface area (Å²) in [4.78, 5) is 4.97. The van der Waals surface area contributed by atoms with E-state index in [-0.39, 0.29) is 0 Å². The molecule has 0 spiro atoms. The molecule has 14 aromatic rings. The van der Waals surface area contributed by atoms with Crippen molar-refractivity contribution >= 4 is 110 Å². The molecule has 2 heterocycles. The Kier molecular flexibility index (Phi) is 9.65. The molecule has 0 aliphatic heterocycles. The lowest BCUT2D eigenvalue weighted by Gasteiger charge is -2.32. The Morgan fingerprint density at radius 2 is 0.726 bits per heavy atom. The van der Waals surface area contributed by atoms with Crippen LogP contribution < -0.4 is 9.80 Å². The number of aryl methyl sites for hydroxylation is 5. The molecule has 0 aliphatic carbocycles. The number of para-hydroxylation sites is 6. The maximum Gasteiger partial charge on any atom is 0.143 e. The molecular formula is C69H50N2O2. The summed E-state index contributed by atoms with van der Waals surface area (Å²) < 4.78 is 13.0. The smallest absolute Gasteiger partial charge is 0.143 e. The van der Waals surface area contributed by atoms with Gasteiger partial charge < -0.3 is 18.6 Å². The summed E-state index contributed by atoms with van der Waals surface area (Å²) in [6.45, 7) is 11.2. The average molecular weight is 939 g/mol. The molecule has 12 aromatic carbocycles. The highest BCUT2D eigenvalue weighted by molar-refractivity contribution is 6.29. The normalized spacial score (nSPS) is 11.9.